The molecule has 2 N–H and O–H groups in total. The van der Waals surface area contributed by atoms with Crippen molar-refractivity contribution < 1.29 is 14.1 Å². The van der Waals surface area contributed by atoms with Gasteiger partial charge in [-0.1, -0.05) is 13.8 Å². The Morgan fingerprint density at radius 1 is 1.44 bits per heavy atom. The Morgan fingerprint density at radius 2 is 2.06 bits per heavy atom. The van der Waals surface area contributed by atoms with Gasteiger partial charge in [0.05, 0.1) is 11.9 Å². The van der Waals surface area contributed by atoms with Crippen LogP contribution in [0.5, 0.6) is 0 Å². The summed E-state index contributed by atoms with van der Waals surface area (Å²) < 4.78 is 17.1. The van der Waals surface area contributed by atoms with E-state index in [0.717, 1.165) is 12.8 Å². The smallest absolute Gasteiger partial charge is 0.0779 e. The van der Waals surface area contributed by atoms with Gasteiger partial charge in [-0.2, -0.15) is 0 Å². The molecule has 96 valence electrons. The third-order valence-electron chi connectivity index (χ3n) is 2.66. The second-order valence-electron chi connectivity index (χ2n) is 4.58. The van der Waals surface area contributed by atoms with Crippen molar-refractivity contribution in [2.24, 2.45) is 0 Å². The Hall–Kier alpha value is 0.0300. The lowest BCUT2D eigenvalue weighted by molar-refractivity contribution is 0.0989. The summed E-state index contributed by atoms with van der Waals surface area (Å²) in [5.41, 5.74) is 0. The molecular weight excluding hydrogens is 226 g/mol. The molecule has 4 nitrogen and oxygen atoms in total. The van der Waals surface area contributed by atoms with Gasteiger partial charge in [-0.25, -0.2) is 0 Å². The van der Waals surface area contributed by atoms with Crippen LogP contribution in [0.25, 0.3) is 0 Å². The van der Waals surface area contributed by atoms with Gasteiger partial charge in [-0.3, -0.25) is 4.21 Å². The normalized spacial score (nSPS) is 22.2. The molecule has 2 unspecified atom stereocenters. The number of hydrogen-bond donors (Lipinski definition) is 2. The van der Waals surface area contributed by atoms with Gasteiger partial charge < -0.3 is 15.2 Å². The molecule has 0 aromatic carbocycles. The monoisotopic (exact) mass is 249 g/mol. The average Bonchev–Trinajstić information content (AvgIpc) is 2.27. The molecule has 2 atom stereocenters. The molecule has 0 saturated carbocycles. The van der Waals surface area contributed by atoms with E-state index in [9.17, 15) is 9.32 Å². The Labute approximate surface area is 100 Å². The van der Waals surface area contributed by atoms with Gasteiger partial charge in [0.1, 0.15) is 0 Å². The third-order valence-corrected chi connectivity index (χ3v) is 4.59. The zero-order chi connectivity index (χ0) is 12.0. The van der Waals surface area contributed by atoms with Gasteiger partial charge in [0.2, 0.25) is 0 Å². The summed E-state index contributed by atoms with van der Waals surface area (Å²) in [7, 11) is -0.921. The van der Waals surface area contributed by atoms with Crippen molar-refractivity contribution in [3.8, 4) is 0 Å². The quantitative estimate of drug-likeness (QED) is 0.709. The van der Waals surface area contributed by atoms with Crippen molar-refractivity contribution in [2.75, 3.05) is 25.5 Å². The molecule has 1 heterocycles. The Kier molecular flexibility index (Phi) is 6.49. The first kappa shape index (κ1) is 14.1. The van der Waals surface area contributed by atoms with E-state index in [1.807, 2.05) is 13.8 Å². The lowest BCUT2D eigenvalue weighted by Crippen LogP contribution is -2.37. The number of aliphatic hydroxyl groups excluding tert-OH is 1. The lowest BCUT2D eigenvalue weighted by Gasteiger charge is -2.23. The van der Waals surface area contributed by atoms with Gasteiger partial charge in [0, 0.05) is 41.8 Å². The molecule has 0 radical (unpaired) electrons. The summed E-state index contributed by atoms with van der Waals surface area (Å²) in [5.74, 6) is 0.379. The summed E-state index contributed by atoms with van der Waals surface area (Å²) in [6.07, 6.45) is 1.21. The van der Waals surface area contributed by atoms with Crippen molar-refractivity contribution in [1.29, 1.82) is 0 Å². The summed E-state index contributed by atoms with van der Waals surface area (Å²) in [4.78, 5) is 0. The van der Waals surface area contributed by atoms with Crippen LogP contribution in [0, 0.1) is 0 Å². The molecule has 0 aromatic heterocycles. The van der Waals surface area contributed by atoms with Crippen LogP contribution < -0.4 is 5.32 Å². The molecule has 0 bridgehead atoms. The van der Waals surface area contributed by atoms with Crippen LogP contribution in [0.4, 0.5) is 0 Å². The summed E-state index contributed by atoms with van der Waals surface area (Å²) in [6.45, 7) is 5.99. The highest BCUT2D eigenvalue weighted by atomic mass is 32.2. The first-order chi connectivity index (χ1) is 7.59. The largest absolute Gasteiger partial charge is 0.391 e. The molecular formula is C11H23NO3S. The minimum Gasteiger partial charge on any atom is -0.391 e. The predicted octanol–water partition coefficient (Wildman–Crippen LogP) is 0.273. The van der Waals surface area contributed by atoms with E-state index >= 15 is 0 Å². The van der Waals surface area contributed by atoms with Crippen LogP contribution >= 0.6 is 0 Å². The standard InChI is InChI=1S/C11H23NO3S/c1-9(2)12-7-10(13)8-16(14)11-3-5-15-6-4-11/h9-13H,3-8H2,1-2H3. The maximum Gasteiger partial charge on any atom is 0.0779 e. The van der Waals surface area contributed by atoms with E-state index in [2.05, 4.69) is 5.32 Å². The number of hydrogen-bond acceptors (Lipinski definition) is 4. The van der Waals surface area contributed by atoms with Crippen molar-refractivity contribution >= 4 is 10.8 Å². The fourth-order valence-corrected chi connectivity index (χ4v) is 3.18. The number of aliphatic hydroxyl groups is 1. The average molecular weight is 249 g/mol. The Balaban J connectivity index is 2.21. The van der Waals surface area contributed by atoms with E-state index in [4.69, 9.17) is 4.74 Å². The molecule has 1 aliphatic rings. The molecule has 0 amide bonds. The van der Waals surface area contributed by atoms with Crippen molar-refractivity contribution in [3.05, 3.63) is 0 Å². The fourth-order valence-electron chi connectivity index (χ4n) is 1.70. The summed E-state index contributed by atoms with van der Waals surface area (Å²) in [5, 5.41) is 13.1. The molecule has 0 aliphatic carbocycles. The van der Waals surface area contributed by atoms with Gasteiger partial charge in [-0.15, -0.1) is 0 Å². The Morgan fingerprint density at radius 3 is 2.62 bits per heavy atom. The maximum absolute atomic E-state index is 11.9. The van der Waals surface area contributed by atoms with Crippen molar-refractivity contribution in [2.45, 2.75) is 44.1 Å². The van der Waals surface area contributed by atoms with Crippen molar-refractivity contribution in [3.63, 3.8) is 0 Å². The van der Waals surface area contributed by atoms with Gasteiger partial charge in [-0.05, 0) is 12.8 Å². The van der Waals surface area contributed by atoms with Crippen molar-refractivity contribution in [1.82, 2.24) is 5.32 Å². The summed E-state index contributed by atoms with van der Waals surface area (Å²) in [6, 6.07) is 0.353. The zero-order valence-corrected chi connectivity index (χ0v) is 11.0. The highest BCUT2D eigenvalue weighted by Crippen LogP contribution is 2.13. The molecule has 1 rings (SSSR count). The minimum absolute atomic E-state index is 0.211. The molecule has 5 heteroatoms. The first-order valence-corrected chi connectivity index (χ1v) is 7.34. The highest BCUT2D eigenvalue weighted by Gasteiger charge is 2.22. The van der Waals surface area contributed by atoms with Crippen LogP contribution in [0.15, 0.2) is 0 Å². The number of nitrogens with one attached hydrogen (secondary N) is 1. The molecule has 0 aromatic rings. The number of ether oxygens (including phenoxy) is 1. The molecule has 16 heavy (non-hydrogen) atoms. The zero-order valence-electron chi connectivity index (χ0n) is 10.1. The van der Waals surface area contributed by atoms with Gasteiger partial charge in [0.25, 0.3) is 0 Å². The van der Waals surface area contributed by atoms with E-state index in [-0.39, 0.29) is 5.25 Å². The van der Waals surface area contributed by atoms with Crippen LogP contribution in [0.2, 0.25) is 0 Å². The van der Waals surface area contributed by atoms with Crippen LogP contribution in [0.3, 0.4) is 0 Å². The van der Waals surface area contributed by atoms with E-state index in [0.29, 0.717) is 31.6 Å². The van der Waals surface area contributed by atoms with Crippen LogP contribution in [-0.2, 0) is 15.5 Å². The van der Waals surface area contributed by atoms with Gasteiger partial charge >= 0.3 is 0 Å². The van der Waals surface area contributed by atoms with Gasteiger partial charge in [0.15, 0.2) is 0 Å². The van der Waals surface area contributed by atoms with Crippen LogP contribution in [-0.4, -0.2) is 52.2 Å². The SMILES string of the molecule is CC(C)NCC(O)CS(=O)C1CCOCC1. The van der Waals surface area contributed by atoms with E-state index in [1.54, 1.807) is 0 Å². The second-order valence-corrected chi connectivity index (χ2v) is 6.34. The Bertz CT molecular complexity index is 217. The topological polar surface area (TPSA) is 58.6 Å². The summed E-state index contributed by atoms with van der Waals surface area (Å²) >= 11 is 0. The maximum atomic E-state index is 11.9. The lowest BCUT2D eigenvalue weighted by atomic mass is 10.2. The molecule has 1 saturated heterocycles. The minimum atomic E-state index is -0.921. The van der Waals surface area contributed by atoms with Crippen LogP contribution in [0.1, 0.15) is 26.7 Å². The van der Waals surface area contributed by atoms with E-state index < -0.39 is 16.9 Å². The van der Waals surface area contributed by atoms with E-state index in [1.165, 1.54) is 0 Å². The molecule has 0 spiro atoms. The third kappa shape index (κ3) is 5.39. The predicted molar refractivity (Wildman–Crippen MR) is 66.0 cm³/mol. The second kappa shape index (κ2) is 7.37. The molecule has 1 aliphatic heterocycles. The number of rotatable bonds is 6. The highest BCUT2D eigenvalue weighted by molar-refractivity contribution is 7.85. The first-order valence-electron chi connectivity index (χ1n) is 5.96. The fraction of sp³-hybridized carbons (Fsp3) is 1.00. The molecule has 1 fully saturated rings.